The summed E-state index contributed by atoms with van der Waals surface area (Å²) in [6, 6.07) is 19.4. The summed E-state index contributed by atoms with van der Waals surface area (Å²) in [6.07, 6.45) is 6.11. The van der Waals surface area contributed by atoms with Crippen LogP contribution in [0.5, 0.6) is 0 Å². The number of hydrogen-bond acceptors (Lipinski definition) is 8. The van der Waals surface area contributed by atoms with Crippen molar-refractivity contribution in [2.45, 2.75) is 13.2 Å². The summed E-state index contributed by atoms with van der Waals surface area (Å²) < 4.78 is 0. The molecule has 6 aromatic heterocycles. The Morgan fingerprint density at radius 1 is 0.923 bits per heavy atom. The highest BCUT2D eigenvalue weighted by atomic mass is 32.1. The normalized spacial score (nSPS) is 12.3. The van der Waals surface area contributed by atoms with Crippen LogP contribution < -0.4 is 5.32 Å². The summed E-state index contributed by atoms with van der Waals surface area (Å²) in [5.41, 5.74) is 7.02. The molecule has 0 aliphatic heterocycles. The van der Waals surface area contributed by atoms with Crippen LogP contribution in [0, 0.1) is 6.92 Å². The quantitative estimate of drug-likeness (QED) is 0.191. The van der Waals surface area contributed by atoms with Crippen molar-refractivity contribution in [1.82, 2.24) is 35.1 Å². The van der Waals surface area contributed by atoms with E-state index in [2.05, 4.69) is 54.5 Å². The molecule has 6 heterocycles. The van der Waals surface area contributed by atoms with Crippen molar-refractivity contribution in [2.24, 2.45) is 0 Å². The number of pyridine rings is 3. The fraction of sp³-hybridized carbons (Fsp3) is 0.0690. The van der Waals surface area contributed by atoms with Crippen LogP contribution in [0.3, 0.4) is 0 Å². The van der Waals surface area contributed by atoms with Gasteiger partial charge in [0.05, 0.1) is 39.7 Å². The number of fused-ring (bicyclic) bond motifs is 2. The third kappa shape index (κ3) is 4.31. The minimum absolute atomic E-state index is 0.649. The molecule has 0 spiro atoms. The minimum Gasteiger partial charge on any atom is -0.369 e. The molecule has 9 nitrogen and oxygen atoms in total. The molecular weight excluding hydrogens is 508 g/mol. The third-order valence-electron chi connectivity index (χ3n) is 6.50. The van der Waals surface area contributed by atoms with Crippen molar-refractivity contribution in [3.05, 3.63) is 95.9 Å². The fourth-order valence-corrected chi connectivity index (χ4v) is 5.45. The van der Waals surface area contributed by atoms with Gasteiger partial charge in [-0.25, -0.2) is 4.98 Å². The van der Waals surface area contributed by atoms with Crippen molar-refractivity contribution in [3.63, 3.8) is 0 Å². The maximum atomic E-state index is 10.6. The van der Waals surface area contributed by atoms with Crippen molar-refractivity contribution < 1.29 is 5.11 Å². The van der Waals surface area contributed by atoms with E-state index in [1.807, 2.05) is 48.5 Å². The molecule has 0 aliphatic carbocycles. The van der Waals surface area contributed by atoms with Gasteiger partial charge >= 0.3 is 0 Å². The van der Waals surface area contributed by atoms with E-state index in [9.17, 15) is 5.11 Å². The lowest BCUT2D eigenvalue weighted by atomic mass is 10.1. The molecule has 0 bridgehead atoms. The first kappa shape index (κ1) is 23.2. The van der Waals surface area contributed by atoms with E-state index in [4.69, 9.17) is 4.98 Å². The number of aryl methyl sites for hydroxylation is 1. The number of H-pyrrole nitrogens is 2. The maximum absolute atomic E-state index is 10.6. The van der Waals surface area contributed by atoms with Gasteiger partial charge < -0.3 is 15.4 Å². The summed E-state index contributed by atoms with van der Waals surface area (Å²) >= 11 is 1.69. The van der Waals surface area contributed by atoms with Gasteiger partial charge in [-0.1, -0.05) is 30.3 Å². The largest absolute Gasteiger partial charge is 0.369 e. The molecule has 0 radical (unpaired) electrons. The van der Waals surface area contributed by atoms with E-state index in [0.29, 0.717) is 17.2 Å². The molecule has 0 aliphatic rings. The number of aromatic nitrogens is 7. The lowest BCUT2D eigenvalue weighted by molar-refractivity contribution is 0.208. The maximum Gasteiger partial charge on any atom is 0.159 e. The molecule has 1 aromatic carbocycles. The Bertz CT molecular complexity index is 1940. The van der Waals surface area contributed by atoms with Crippen molar-refractivity contribution in [2.75, 3.05) is 5.32 Å². The molecule has 7 aromatic rings. The number of rotatable bonds is 6. The molecular formula is C29H22N8OS. The molecule has 1 unspecified atom stereocenters. The van der Waals surface area contributed by atoms with Gasteiger partial charge in [-0.15, -0.1) is 11.3 Å². The summed E-state index contributed by atoms with van der Waals surface area (Å²) in [5, 5.41) is 22.2. The molecule has 10 heteroatoms. The van der Waals surface area contributed by atoms with Crippen LogP contribution >= 0.6 is 11.3 Å². The number of aromatic amines is 2. The zero-order chi connectivity index (χ0) is 26.3. The number of aliphatic hydroxyl groups excluding tert-OH is 1. The Hall–Kier alpha value is -4.93. The monoisotopic (exact) mass is 530 g/mol. The zero-order valence-corrected chi connectivity index (χ0v) is 21.6. The van der Waals surface area contributed by atoms with Crippen LogP contribution in [0.2, 0.25) is 0 Å². The fourth-order valence-electron chi connectivity index (χ4n) is 4.58. The molecule has 190 valence electrons. The molecule has 1 atom stereocenters. The van der Waals surface area contributed by atoms with E-state index in [-0.39, 0.29) is 0 Å². The number of benzene rings is 1. The van der Waals surface area contributed by atoms with E-state index < -0.39 is 6.23 Å². The summed E-state index contributed by atoms with van der Waals surface area (Å²) in [5.74, 6) is 0.649. The number of anilines is 1. The first-order chi connectivity index (χ1) is 19.1. The third-order valence-corrected chi connectivity index (χ3v) is 7.51. The second-order valence-corrected chi connectivity index (χ2v) is 10.4. The highest BCUT2D eigenvalue weighted by molar-refractivity contribution is 7.15. The second kappa shape index (κ2) is 9.43. The van der Waals surface area contributed by atoms with Crippen LogP contribution in [0.15, 0.2) is 85.5 Å². The topological polar surface area (TPSA) is 128 Å². The summed E-state index contributed by atoms with van der Waals surface area (Å²) in [6.45, 7) is 2.08. The lowest BCUT2D eigenvalue weighted by Crippen LogP contribution is -2.09. The van der Waals surface area contributed by atoms with Gasteiger partial charge in [-0.3, -0.25) is 20.1 Å². The van der Waals surface area contributed by atoms with Crippen LogP contribution in [-0.4, -0.2) is 40.2 Å². The number of nitrogens with zero attached hydrogens (tertiary/aromatic N) is 5. The smallest absolute Gasteiger partial charge is 0.159 e. The van der Waals surface area contributed by atoms with Crippen molar-refractivity contribution in [3.8, 4) is 33.3 Å². The molecule has 0 saturated carbocycles. The average Bonchev–Trinajstić information content (AvgIpc) is 3.71. The van der Waals surface area contributed by atoms with Gasteiger partial charge in [0.25, 0.3) is 0 Å². The second-order valence-electron chi connectivity index (χ2n) is 9.16. The highest BCUT2D eigenvalue weighted by Gasteiger charge is 2.18. The van der Waals surface area contributed by atoms with Gasteiger partial charge in [0.1, 0.15) is 16.9 Å². The highest BCUT2D eigenvalue weighted by Crippen LogP contribution is 2.34. The SMILES string of the molecule is Cc1ccc(-c2nccc3[nH]c(-c4n[nH]c5cnc(-c6cncc(NC(O)c7ccccc7)c6)cc45)nc23)s1. The molecule has 4 N–H and O–H groups in total. The van der Waals surface area contributed by atoms with Gasteiger partial charge in [0, 0.05) is 33.8 Å². The van der Waals surface area contributed by atoms with Crippen molar-refractivity contribution in [1.29, 1.82) is 0 Å². The van der Waals surface area contributed by atoms with E-state index in [1.54, 1.807) is 36.1 Å². The Morgan fingerprint density at radius 3 is 2.67 bits per heavy atom. The first-order valence-corrected chi connectivity index (χ1v) is 13.1. The van der Waals surface area contributed by atoms with E-state index in [1.165, 1.54) is 4.88 Å². The van der Waals surface area contributed by atoms with E-state index >= 15 is 0 Å². The molecule has 39 heavy (non-hydrogen) atoms. The van der Waals surface area contributed by atoms with Gasteiger partial charge in [0.2, 0.25) is 0 Å². The van der Waals surface area contributed by atoms with E-state index in [0.717, 1.165) is 49.3 Å². The number of thiophene rings is 1. The summed E-state index contributed by atoms with van der Waals surface area (Å²) in [7, 11) is 0. The summed E-state index contributed by atoms with van der Waals surface area (Å²) in [4.78, 5) is 24.2. The predicted octanol–water partition coefficient (Wildman–Crippen LogP) is 6.10. The average molecular weight is 531 g/mol. The Kier molecular flexibility index (Phi) is 5.61. The minimum atomic E-state index is -0.857. The number of aliphatic hydroxyl groups is 1. The number of imidazole rings is 1. The molecule has 7 rings (SSSR count). The van der Waals surface area contributed by atoms with Crippen molar-refractivity contribution >= 4 is 39.0 Å². The Labute approximate surface area is 226 Å². The van der Waals surface area contributed by atoms with Crippen LogP contribution in [0.25, 0.3) is 55.3 Å². The lowest BCUT2D eigenvalue weighted by Gasteiger charge is -2.14. The van der Waals surface area contributed by atoms with Gasteiger partial charge in [-0.05, 0) is 37.3 Å². The number of hydrogen-bond donors (Lipinski definition) is 4. The van der Waals surface area contributed by atoms with Crippen LogP contribution in [0.4, 0.5) is 5.69 Å². The predicted molar refractivity (Wildman–Crippen MR) is 153 cm³/mol. The molecule has 0 saturated heterocycles. The first-order valence-electron chi connectivity index (χ1n) is 12.3. The Balaban J connectivity index is 1.25. The van der Waals surface area contributed by atoms with Crippen LogP contribution in [0.1, 0.15) is 16.7 Å². The van der Waals surface area contributed by atoms with Gasteiger partial charge in [-0.2, -0.15) is 5.10 Å². The number of nitrogens with one attached hydrogen (secondary N) is 3. The van der Waals surface area contributed by atoms with Crippen LogP contribution in [-0.2, 0) is 0 Å². The molecule has 0 amide bonds. The van der Waals surface area contributed by atoms with Gasteiger partial charge in [0.15, 0.2) is 12.1 Å². The standard InChI is InChI=1S/C29H22N8OS/c1-16-7-8-24(39-16)27-26-21(9-10-31-27)34-28(35-26)25-20-12-22(32-15-23(20)36-37-25)18-11-19(14-30-13-18)33-29(38)17-5-3-2-4-6-17/h2-15,29,33,38H,1H3,(H,34,35)(H,36,37). The molecule has 0 fully saturated rings. The Morgan fingerprint density at radius 2 is 1.82 bits per heavy atom. The zero-order valence-electron chi connectivity index (χ0n) is 20.8.